The van der Waals surface area contributed by atoms with Crippen LogP contribution in [0.4, 0.5) is 0 Å². The molecule has 2 aromatic carbocycles. The van der Waals surface area contributed by atoms with Crippen molar-refractivity contribution < 1.29 is 19.4 Å². The van der Waals surface area contributed by atoms with Crippen LogP contribution in [-0.2, 0) is 11.2 Å². The van der Waals surface area contributed by atoms with Gasteiger partial charge in [-0.2, -0.15) is 0 Å². The van der Waals surface area contributed by atoms with Gasteiger partial charge in [-0.1, -0.05) is 24.3 Å². The van der Waals surface area contributed by atoms with Crippen molar-refractivity contribution in [2.24, 2.45) is 0 Å². The van der Waals surface area contributed by atoms with Gasteiger partial charge in [-0.15, -0.1) is 0 Å². The van der Waals surface area contributed by atoms with E-state index in [1.807, 2.05) is 36.4 Å². The Balaban J connectivity index is 1.59. The number of benzene rings is 2. The van der Waals surface area contributed by atoms with E-state index in [-0.39, 0.29) is 6.42 Å². The Kier molecular flexibility index (Phi) is 4.28. The van der Waals surface area contributed by atoms with Crippen molar-refractivity contribution in [3.8, 4) is 17.2 Å². The molecule has 4 nitrogen and oxygen atoms in total. The third-order valence-electron chi connectivity index (χ3n) is 3.67. The number of carboxylic acid groups (broad SMARTS) is 1. The van der Waals surface area contributed by atoms with Crippen LogP contribution in [0.25, 0.3) is 0 Å². The van der Waals surface area contributed by atoms with Crippen LogP contribution >= 0.6 is 0 Å². The number of carbonyl (C=O) groups is 1. The topological polar surface area (TPSA) is 55.8 Å². The van der Waals surface area contributed by atoms with Crippen LogP contribution in [0, 0.1) is 0 Å². The fourth-order valence-corrected chi connectivity index (χ4v) is 2.51. The lowest BCUT2D eigenvalue weighted by Gasteiger charge is -2.20. The van der Waals surface area contributed by atoms with Crippen molar-refractivity contribution >= 4 is 5.97 Å². The number of carboxylic acids is 1. The van der Waals surface area contributed by atoms with E-state index in [1.54, 1.807) is 0 Å². The molecule has 3 rings (SSSR count). The molecule has 0 saturated heterocycles. The van der Waals surface area contributed by atoms with Crippen LogP contribution < -0.4 is 9.47 Å². The number of aliphatic carboxylic acids is 1. The zero-order chi connectivity index (χ0) is 15.4. The summed E-state index contributed by atoms with van der Waals surface area (Å²) in [4.78, 5) is 10.4. The molecule has 0 spiro atoms. The predicted molar refractivity (Wildman–Crippen MR) is 82.7 cm³/mol. The van der Waals surface area contributed by atoms with E-state index in [9.17, 15) is 4.79 Å². The second kappa shape index (κ2) is 6.52. The van der Waals surface area contributed by atoms with Crippen LogP contribution in [0.5, 0.6) is 17.2 Å². The van der Waals surface area contributed by atoms with Gasteiger partial charge in [0.25, 0.3) is 0 Å². The fraction of sp³-hybridized carbons (Fsp3) is 0.278. The summed E-state index contributed by atoms with van der Waals surface area (Å²) in [5, 5.41) is 8.59. The van der Waals surface area contributed by atoms with Gasteiger partial charge in [-0.3, -0.25) is 4.79 Å². The quantitative estimate of drug-likeness (QED) is 0.698. The Hall–Kier alpha value is -2.49. The summed E-state index contributed by atoms with van der Waals surface area (Å²) in [6.45, 7) is 0.517. The maximum absolute atomic E-state index is 10.4. The molecule has 4 heteroatoms. The summed E-state index contributed by atoms with van der Waals surface area (Å²) in [7, 11) is 0. The predicted octanol–water partition coefficient (Wildman–Crippen LogP) is 4.02. The summed E-state index contributed by atoms with van der Waals surface area (Å²) >= 11 is 0. The lowest BCUT2D eigenvalue weighted by atomic mass is 10.0. The average molecular weight is 298 g/mol. The van der Waals surface area contributed by atoms with E-state index in [1.165, 1.54) is 5.56 Å². The maximum Gasteiger partial charge on any atom is 0.303 e. The fourth-order valence-electron chi connectivity index (χ4n) is 2.51. The lowest BCUT2D eigenvalue weighted by molar-refractivity contribution is -0.137. The van der Waals surface area contributed by atoms with Crippen molar-refractivity contribution in [2.45, 2.75) is 25.7 Å². The average Bonchev–Trinajstić information content (AvgIpc) is 2.52. The first-order valence-electron chi connectivity index (χ1n) is 7.45. The first-order chi connectivity index (χ1) is 10.7. The Morgan fingerprint density at radius 2 is 1.91 bits per heavy atom. The molecule has 1 N–H and O–H groups in total. The number of fused-ring (bicyclic) bond motifs is 2. The van der Waals surface area contributed by atoms with Gasteiger partial charge in [0, 0.05) is 18.9 Å². The number of rotatable bonds is 6. The third-order valence-corrected chi connectivity index (χ3v) is 3.67. The van der Waals surface area contributed by atoms with Gasteiger partial charge in [0.1, 0.15) is 17.2 Å². The molecule has 0 saturated carbocycles. The molecule has 114 valence electrons. The Morgan fingerprint density at radius 3 is 2.77 bits per heavy atom. The van der Waals surface area contributed by atoms with Gasteiger partial charge in [0.2, 0.25) is 0 Å². The van der Waals surface area contributed by atoms with Gasteiger partial charge in [0.15, 0.2) is 0 Å². The van der Waals surface area contributed by atoms with E-state index in [0.717, 1.165) is 35.7 Å². The SMILES string of the molecule is O=C(O)CCCCOc1ccc2c(c1)Oc1ccccc1C2. The van der Waals surface area contributed by atoms with Crippen LogP contribution in [-0.4, -0.2) is 17.7 Å². The van der Waals surface area contributed by atoms with Gasteiger partial charge >= 0.3 is 5.97 Å². The summed E-state index contributed by atoms with van der Waals surface area (Å²) in [6.07, 6.45) is 2.41. The molecular formula is C18H18O4. The second-order valence-electron chi connectivity index (χ2n) is 5.36. The van der Waals surface area contributed by atoms with E-state index in [2.05, 4.69) is 6.07 Å². The first kappa shape index (κ1) is 14.4. The normalized spacial score (nSPS) is 12.0. The summed E-state index contributed by atoms with van der Waals surface area (Å²) in [5.41, 5.74) is 2.34. The first-order valence-corrected chi connectivity index (χ1v) is 7.45. The largest absolute Gasteiger partial charge is 0.493 e. The molecule has 1 aliphatic rings. The highest BCUT2D eigenvalue weighted by molar-refractivity contribution is 5.66. The van der Waals surface area contributed by atoms with Crippen molar-refractivity contribution in [2.75, 3.05) is 6.61 Å². The molecule has 2 aromatic rings. The minimum Gasteiger partial charge on any atom is -0.493 e. The van der Waals surface area contributed by atoms with E-state index >= 15 is 0 Å². The minimum absolute atomic E-state index is 0.188. The van der Waals surface area contributed by atoms with Crippen molar-refractivity contribution in [1.29, 1.82) is 0 Å². The molecule has 0 atom stereocenters. The van der Waals surface area contributed by atoms with Crippen molar-refractivity contribution in [3.63, 3.8) is 0 Å². The molecule has 1 heterocycles. The summed E-state index contributed by atoms with van der Waals surface area (Å²) in [5.74, 6) is 1.73. The van der Waals surface area contributed by atoms with Crippen molar-refractivity contribution in [3.05, 3.63) is 53.6 Å². The molecule has 1 aliphatic heterocycles. The van der Waals surface area contributed by atoms with Gasteiger partial charge in [-0.25, -0.2) is 0 Å². The zero-order valence-corrected chi connectivity index (χ0v) is 12.2. The molecule has 0 bridgehead atoms. The number of hydrogen-bond acceptors (Lipinski definition) is 3. The molecule has 0 amide bonds. The lowest BCUT2D eigenvalue weighted by Crippen LogP contribution is -2.04. The number of para-hydroxylation sites is 1. The zero-order valence-electron chi connectivity index (χ0n) is 12.2. The highest BCUT2D eigenvalue weighted by Crippen LogP contribution is 2.38. The summed E-state index contributed by atoms with van der Waals surface area (Å²) < 4.78 is 11.6. The third kappa shape index (κ3) is 3.39. The molecule has 0 unspecified atom stereocenters. The summed E-state index contributed by atoms with van der Waals surface area (Å²) in [6, 6.07) is 13.9. The van der Waals surface area contributed by atoms with E-state index in [0.29, 0.717) is 13.0 Å². The standard InChI is InChI=1S/C18H18O4/c19-18(20)7-3-4-10-21-15-9-8-14-11-13-5-1-2-6-16(13)22-17(14)12-15/h1-2,5-6,8-9,12H,3-4,7,10-11H2,(H,19,20). The van der Waals surface area contributed by atoms with Gasteiger partial charge in [-0.05, 0) is 36.1 Å². The Morgan fingerprint density at radius 1 is 1.09 bits per heavy atom. The molecule has 0 aliphatic carbocycles. The van der Waals surface area contributed by atoms with E-state index < -0.39 is 5.97 Å². The van der Waals surface area contributed by atoms with E-state index in [4.69, 9.17) is 14.6 Å². The number of ether oxygens (including phenoxy) is 2. The smallest absolute Gasteiger partial charge is 0.303 e. The molecule has 0 radical (unpaired) electrons. The van der Waals surface area contributed by atoms with Crippen LogP contribution in [0.15, 0.2) is 42.5 Å². The number of hydrogen-bond donors (Lipinski definition) is 1. The Labute approximate surface area is 129 Å². The Bertz CT molecular complexity index is 679. The maximum atomic E-state index is 10.4. The van der Waals surface area contributed by atoms with Crippen molar-refractivity contribution in [1.82, 2.24) is 0 Å². The highest BCUT2D eigenvalue weighted by Gasteiger charge is 2.16. The van der Waals surface area contributed by atoms with Gasteiger partial charge in [0.05, 0.1) is 6.61 Å². The van der Waals surface area contributed by atoms with Gasteiger partial charge < -0.3 is 14.6 Å². The van der Waals surface area contributed by atoms with Crippen LogP contribution in [0.1, 0.15) is 30.4 Å². The van der Waals surface area contributed by atoms with Crippen LogP contribution in [0.2, 0.25) is 0 Å². The minimum atomic E-state index is -0.763. The molecular weight excluding hydrogens is 280 g/mol. The second-order valence-corrected chi connectivity index (χ2v) is 5.36. The molecule has 0 fully saturated rings. The van der Waals surface area contributed by atoms with Crippen LogP contribution in [0.3, 0.4) is 0 Å². The number of unbranched alkanes of at least 4 members (excludes halogenated alkanes) is 1. The molecule has 22 heavy (non-hydrogen) atoms. The highest BCUT2D eigenvalue weighted by atomic mass is 16.5. The monoisotopic (exact) mass is 298 g/mol. The molecule has 0 aromatic heterocycles.